The molecule has 2 aromatic heterocycles. The van der Waals surface area contributed by atoms with Gasteiger partial charge in [-0.2, -0.15) is 0 Å². The lowest BCUT2D eigenvalue weighted by atomic mass is 10.2. The Morgan fingerprint density at radius 1 is 1.19 bits per heavy atom. The summed E-state index contributed by atoms with van der Waals surface area (Å²) in [6, 6.07) is 2.30. The average Bonchev–Trinajstić information content (AvgIpc) is 2.36. The van der Waals surface area contributed by atoms with Crippen molar-refractivity contribution < 1.29 is 9.72 Å². The maximum absolute atomic E-state index is 12.1. The molecule has 0 unspecified atom stereocenters. The van der Waals surface area contributed by atoms with Crippen molar-refractivity contribution in [3.63, 3.8) is 0 Å². The van der Waals surface area contributed by atoms with E-state index in [0.717, 1.165) is 12.3 Å². The van der Waals surface area contributed by atoms with Gasteiger partial charge in [0.05, 0.1) is 4.92 Å². The van der Waals surface area contributed by atoms with E-state index in [-0.39, 0.29) is 27.0 Å². The zero-order chi connectivity index (χ0) is 15.6. The van der Waals surface area contributed by atoms with Gasteiger partial charge in [0.2, 0.25) is 5.28 Å². The standard InChI is InChI=1S/C10H4Cl3N5O3/c11-6-1-4(5(3-14-6)18(20)21)9(19)16-8-2-7(12)15-10(13)17-8/h1-3H,(H,15,16,17,19). The summed E-state index contributed by atoms with van der Waals surface area (Å²) in [7, 11) is 0. The van der Waals surface area contributed by atoms with Crippen molar-refractivity contribution in [2.75, 3.05) is 5.32 Å². The number of anilines is 1. The van der Waals surface area contributed by atoms with Crippen LogP contribution in [0.4, 0.5) is 11.5 Å². The molecule has 0 atom stereocenters. The summed E-state index contributed by atoms with van der Waals surface area (Å²) in [5.41, 5.74) is -0.769. The van der Waals surface area contributed by atoms with Gasteiger partial charge in [-0.05, 0) is 17.7 Å². The molecule has 0 aliphatic heterocycles. The summed E-state index contributed by atoms with van der Waals surface area (Å²) in [5, 5.41) is 12.9. The van der Waals surface area contributed by atoms with Crippen LogP contribution in [0.2, 0.25) is 15.6 Å². The molecule has 0 saturated heterocycles. The first-order valence-electron chi connectivity index (χ1n) is 5.18. The summed E-state index contributed by atoms with van der Waals surface area (Å²) in [4.78, 5) is 33.1. The Morgan fingerprint density at radius 2 is 1.90 bits per heavy atom. The van der Waals surface area contributed by atoms with Gasteiger partial charge in [-0.15, -0.1) is 0 Å². The molecule has 0 aliphatic carbocycles. The second-order valence-electron chi connectivity index (χ2n) is 3.58. The van der Waals surface area contributed by atoms with Crippen molar-refractivity contribution in [1.29, 1.82) is 0 Å². The highest BCUT2D eigenvalue weighted by molar-refractivity contribution is 6.32. The Labute approximate surface area is 132 Å². The summed E-state index contributed by atoms with van der Waals surface area (Å²) >= 11 is 16.9. The van der Waals surface area contributed by atoms with Crippen molar-refractivity contribution in [3.8, 4) is 0 Å². The lowest BCUT2D eigenvalue weighted by Crippen LogP contribution is -2.15. The van der Waals surface area contributed by atoms with Gasteiger partial charge in [0.1, 0.15) is 27.9 Å². The quantitative estimate of drug-likeness (QED) is 0.300. The van der Waals surface area contributed by atoms with Gasteiger partial charge in [-0.3, -0.25) is 14.9 Å². The largest absolute Gasteiger partial charge is 0.306 e. The first-order chi connectivity index (χ1) is 9.86. The third-order valence-corrected chi connectivity index (χ3v) is 2.77. The van der Waals surface area contributed by atoms with Crippen molar-refractivity contribution in [3.05, 3.63) is 49.6 Å². The third kappa shape index (κ3) is 3.75. The first kappa shape index (κ1) is 15.4. The molecule has 2 rings (SSSR count). The van der Waals surface area contributed by atoms with Gasteiger partial charge in [-0.25, -0.2) is 15.0 Å². The number of aromatic nitrogens is 3. The van der Waals surface area contributed by atoms with Crippen LogP contribution in [0.15, 0.2) is 18.3 Å². The summed E-state index contributed by atoms with van der Waals surface area (Å²) in [6.45, 7) is 0. The van der Waals surface area contributed by atoms with Gasteiger partial charge in [0.25, 0.3) is 11.6 Å². The number of nitrogens with one attached hydrogen (secondary N) is 1. The highest BCUT2D eigenvalue weighted by Crippen LogP contribution is 2.22. The molecule has 0 spiro atoms. The van der Waals surface area contributed by atoms with E-state index in [1.54, 1.807) is 0 Å². The normalized spacial score (nSPS) is 10.2. The molecule has 0 aliphatic rings. The fourth-order valence-electron chi connectivity index (χ4n) is 1.39. The van der Waals surface area contributed by atoms with Crippen LogP contribution in [0.25, 0.3) is 0 Å². The predicted octanol–water partition coefficient (Wildman–Crippen LogP) is 2.99. The number of carbonyl (C=O) groups is 1. The van der Waals surface area contributed by atoms with Crippen LogP contribution in [0, 0.1) is 10.1 Å². The minimum atomic E-state index is -0.808. The number of carbonyl (C=O) groups excluding carboxylic acids is 1. The Hall–Kier alpha value is -2.03. The fraction of sp³-hybridized carbons (Fsp3) is 0. The van der Waals surface area contributed by atoms with E-state index >= 15 is 0 Å². The monoisotopic (exact) mass is 347 g/mol. The highest BCUT2D eigenvalue weighted by Gasteiger charge is 2.22. The van der Waals surface area contributed by atoms with Crippen LogP contribution in [0.5, 0.6) is 0 Å². The molecule has 8 nitrogen and oxygen atoms in total. The van der Waals surface area contributed by atoms with Gasteiger partial charge in [0.15, 0.2) is 0 Å². The van der Waals surface area contributed by atoms with Crippen LogP contribution in [0.3, 0.4) is 0 Å². The number of rotatable bonds is 3. The van der Waals surface area contributed by atoms with E-state index in [2.05, 4.69) is 20.3 Å². The van der Waals surface area contributed by atoms with E-state index < -0.39 is 16.5 Å². The molecule has 1 N–H and O–H groups in total. The zero-order valence-corrected chi connectivity index (χ0v) is 12.1. The van der Waals surface area contributed by atoms with Gasteiger partial charge in [-0.1, -0.05) is 23.2 Å². The number of nitro groups is 1. The fourth-order valence-corrected chi connectivity index (χ4v) is 1.95. The molecule has 1 amide bonds. The maximum atomic E-state index is 12.1. The smallest absolute Gasteiger partial charge is 0.300 e. The van der Waals surface area contributed by atoms with E-state index in [4.69, 9.17) is 34.8 Å². The molecule has 0 saturated carbocycles. The van der Waals surface area contributed by atoms with E-state index in [9.17, 15) is 14.9 Å². The van der Waals surface area contributed by atoms with Gasteiger partial charge in [0, 0.05) is 6.07 Å². The van der Waals surface area contributed by atoms with Crippen molar-refractivity contribution in [2.24, 2.45) is 0 Å². The van der Waals surface area contributed by atoms with Crippen LogP contribution in [-0.2, 0) is 0 Å². The minimum absolute atomic E-state index is 0.00700. The maximum Gasteiger partial charge on any atom is 0.300 e. The zero-order valence-electron chi connectivity index (χ0n) is 9.88. The Morgan fingerprint density at radius 3 is 2.52 bits per heavy atom. The van der Waals surface area contributed by atoms with Crippen molar-refractivity contribution in [1.82, 2.24) is 15.0 Å². The van der Waals surface area contributed by atoms with Crippen LogP contribution >= 0.6 is 34.8 Å². The lowest BCUT2D eigenvalue weighted by molar-refractivity contribution is -0.385. The number of halogens is 3. The molecule has 11 heteroatoms. The number of amides is 1. The Balaban J connectivity index is 2.36. The summed E-state index contributed by atoms with van der Waals surface area (Å²) in [5.74, 6) is -0.816. The van der Waals surface area contributed by atoms with Crippen LogP contribution in [0.1, 0.15) is 10.4 Å². The summed E-state index contributed by atoms with van der Waals surface area (Å²) in [6.07, 6.45) is 0.886. The molecular formula is C10H4Cl3N5O3. The highest BCUT2D eigenvalue weighted by atomic mass is 35.5. The Bertz CT molecular complexity index is 720. The SMILES string of the molecule is O=C(Nc1cc(Cl)nc(Cl)n1)c1cc(Cl)ncc1[N+](=O)[O-]. The van der Waals surface area contributed by atoms with E-state index in [1.165, 1.54) is 6.07 Å². The summed E-state index contributed by atoms with van der Waals surface area (Å²) < 4.78 is 0. The predicted molar refractivity (Wildman–Crippen MR) is 75.9 cm³/mol. The molecule has 0 aromatic carbocycles. The second-order valence-corrected chi connectivity index (χ2v) is 4.69. The molecule has 2 aromatic rings. The molecule has 0 radical (unpaired) electrons. The van der Waals surface area contributed by atoms with Crippen LogP contribution in [-0.4, -0.2) is 25.8 Å². The second kappa shape index (κ2) is 6.17. The third-order valence-electron chi connectivity index (χ3n) is 2.20. The lowest BCUT2D eigenvalue weighted by Gasteiger charge is -2.05. The molecule has 0 bridgehead atoms. The molecule has 0 fully saturated rings. The van der Waals surface area contributed by atoms with Crippen molar-refractivity contribution >= 4 is 52.2 Å². The number of nitrogens with zero attached hydrogens (tertiary/aromatic N) is 4. The number of pyridine rings is 1. The number of hydrogen-bond acceptors (Lipinski definition) is 6. The minimum Gasteiger partial charge on any atom is -0.306 e. The van der Waals surface area contributed by atoms with E-state index in [1.807, 2.05) is 0 Å². The van der Waals surface area contributed by atoms with Crippen molar-refractivity contribution in [2.45, 2.75) is 0 Å². The van der Waals surface area contributed by atoms with Gasteiger partial charge < -0.3 is 5.32 Å². The van der Waals surface area contributed by atoms with E-state index in [0.29, 0.717) is 0 Å². The molecule has 2 heterocycles. The topological polar surface area (TPSA) is 111 Å². The molecule has 21 heavy (non-hydrogen) atoms. The molecular weight excluding hydrogens is 345 g/mol. The van der Waals surface area contributed by atoms with Crippen LogP contribution < -0.4 is 5.32 Å². The Kier molecular flexibility index (Phi) is 4.51. The van der Waals surface area contributed by atoms with Gasteiger partial charge >= 0.3 is 0 Å². The average molecular weight is 349 g/mol. The number of hydrogen-bond donors (Lipinski definition) is 1. The first-order valence-corrected chi connectivity index (χ1v) is 6.31. The molecule has 108 valence electrons.